The van der Waals surface area contributed by atoms with E-state index in [2.05, 4.69) is 0 Å². The second kappa shape index (κ2) is 5.23. The van der Waals surface area contributed by atoms with Crippen LogP contribution in [0.1, 0.15) is 26.3 Å². The molecular weight excluding hydrogens is 308 g/mol. The lowest BCUT2D eigenvalue weighted by atomic mass is 10.1. The number of hydrogen-bond donors (Lipinski definition) is 0. The van der Waals surface area contributed by atoms with Crippen molar-refractivity contribution in [2.45, 2.75) is 6.54 Å². The number of fused-ring (bicyclic) bond motifs is 1. The molecule has 0 saturated heterocycles. The predicted octanol–water partition coefficient (Wildman–Crippen LogP) is 3.04. The van der Waals surface area contributed by atoms with E-state index in [0.717, 1.165) is 4.90 Å². The standard InChI is InChI=1S/C15H9ClN2O4/c16-12-7-9(5-6-13(12)18(21)22)8-17-14(19)10-3-1-2-4-11(10)15(17)20/h1-7H,8H2. The van der Waals surface area contributed by atoms with Crippen LogP contribution in [-0.4, -0.2) is 21.6 Å². The molecule has 2 amide bonds. The van der Waals surface area contributed by atoms with Crippen LogP contribution in [0.15, 0.2) is 42.5 Å². The number of nitro benzene ring substituents is 1. The summed E-state index contributed by atoms with van der Waals surface area (Å²) in [7, 11) is 0. The number of carbonyl (C=O) groups is 2. The lowest BCUT2D eigenvalue weighted by Crippen LogP contribution is -2.29. The fourth-order valence-electron chi connectivity index (χ4n) is 2.36. The van der Waals surface area contributed by atoms with Gasteiger partial charge in [0, 0.05) is 6.07 Å². The molecule has 0 aromatic heterocycles. The zero-order valence-corrected chi connectivity index (χ0v) is 11.9. The van der Waals surface area contributed by atoms with Crippen LogP contribution in [0.25, 0.3) is 0 Å². The highest BCUT2D eigenvalue weighted by Gasteiger charge is 2.35. The second-order valence-corrected chi connectivity index (χ2v) is 5.19. The zero-order chi connectivity index (χ0) is 15.9. The molecule has 6 nitrogen and oxygen atoms in total. The van der Waals surface area contributed by atoms with Crippen LogP contribution < -0.4 is 0 Å². The van der Waals surface area contributed by atoms with Crippen molar-refractivity contribution in [3.63, 3.8) is 0 Å². The molecule has 1 heterocycles. The minimum absolute atomic E-state index is 0.0179. The fraction of sp³-hybridized carbons (Fsp3) is 0.0667. The number of imide groups is 1. The first-order valence-electron chi connectivity index (χ1n) is 6.37. The molecule has 0 unspecified atom stereocenters. The summed E-state index contributed by atoms with van der Waals surface area (Å²) in [4.78, 5) is 35.7. The van der Waals surface area contributed by atoms with E-state index >= 15 is 0 Å². The van der Waals surface area contributed by atoms with Crippen molar-refractivity contribution in [2.75, 3.05) is 0 Å². The van der Waals surface area contributed by atoms with Crippen molar-refractivity contribution in [2.24, 2.45) is 0 Å². The molecule has 2 aromatic rings. The number of benzene rings is 2. The molecule has 7 heteroatoms. The molecule has 0 saturated carbocycles. The highest BCUT2D eigenvalue weighted by molar-refractivity contribution is 6.32. The topological polar surface area (TPSA) is 80.5 Å². The molecule has 2 aromatic carbocycles. The average molecular weight is 317 g/mol. The molecular formula is C15H9ClN2O4. The molecule has 0 aliphatic carbocycles. The maximum absolute atomic E-state index is 12.2. The molecule has 110 valence electrons. The summed E-state index contributed by atoms with van der Waals surface area (Å²) in [6.45, 7) is 0.0179. The third-order valence-electron chi connectivity index (χ3n) is 3.43. The summed E-state index contributed by atoms with van der Waals surface area (Å²) in [5.41, 5.74) is 1.05. The Kier molecular flexibility index (Phi) is 3.38. The average Bonchev–Trinajstić information content (AvgIpc) is 2.73. The second-order valence-electron chi connectivity index (χ2n) is 4.78. The van der Waals surface area contributed by atoms with Gasteiger partial charge < -0.3 is 0 Å². The Hall–Kier alpha value is -2.73. The lowest BCUT2D eigenvalue weighted by molar-refractivity contribution is -0.384. The first-order chi connectivity index (χ1) is 10.5. The summed E-state index contributed by atoms with van der Waals surface area (Å²) in [6, 6.07) is 10.7. The normalized spacial score (nSPS) is 13.4. The third kappa shape index (κ3) is 2.23. The van der Waals surface area contributed by atoms with Gasteiger partial charge in [-0.3, -0.25) is 24.6 Å². The van der Waals surface area contributed by atoms with Gasteiger partial charge in [0.1, 0.15) is 5.02 Å². The number of nitro groups is 1. The van der Waals surface area contributed by atoms with E-state index in [1.807, 2.05) is 0 Å². The van der Waals surface area contributed by atoms with Crippen molar-refractivity contribution >= 4 is 29.1 Å². The SMILES string of the molecule is O=C1c2ccccc2C(=O)N1Cc1ccc([N+](=O)[O-])c(Cl)c1. The van der Waals surface area contributed by atoms with E-state index in [1.54, 1.807) is 24.3 Å². The van der Waals surface area contributed by atoms with Gasteiger partial charge >= 0.3 is 0 Å². The van der Waals surface area contributed by atoms with Gasteiger partial charge in [0.2, 0.25) is 0 Å². The van der Waals surface area contributed by atoms with Crippen LogP contribution >= 0.6 is 11.6 Å². The minimum atomic E-state index is -0.589. The molecule has 0 radical (unpaired) electrons. The maximum atomic E-state index is 12.2. The Morgan fingerprint density at radius 1 is 1.05 bits per heavy atom. The summed E-state index contributed by atoms with van der Waals surface area (Å²) in [6.07, 6.45) is 0. The van der Waals surface area contributed by atoms with Gasteiger partial charge in [-0.2, -0.15) is 0 Å². The van der Waals surface area contributed by atoms with Crippen LogP contribution in [0, 0.1) is 10.1 Å². The van der Waals surface area contributed by atoms with Crippen molar-refractivity contribution in [1.82, 2.24) is 4.90 Å². The molecule has 0 spiro atoms. The Morgan fingerprint density at radius 2 is 1.64 bits per heavy atom. The number of rotatable bonds is 3. The van der Waals surface area contributed by atoms with Crippen LogP contribution in [0.5, 0.6) is 0 Å². The van der Waals surface area contributed by atoms with Gasteiger partial charge in [-0.15, -0.1) is 0 Å². The van der Waals surface area contributed by atoms with Crippen LogP contribution in [0.4, 0.5) is 5.69 Å². The number of amides is 2. The Labute approximate surface area is 130 Å². The van der Waals surface area contributed by atoms with E-state index in [-0.39, 0.29) is 29.1 Å². The van der Waals surface area contributed by atoms with Gasteiger partial charge in [0.15, 0.2) is 0 Å². The molecule has 3 rings (SSSR count). The van der Waals surface area contributed by atoms with E-state index in [0.29, 0.717) is 16.7 Å². The van der Waals surface area contributed by atoms with E-state index in [4.69, 9.17) is 11.6 Å². The molecule has 22 heavy (non-hydrogen) atoms. The number of carbonyl (C=O) groups excluding carboxylic acids is 2. The first kappa shape index (κ1) is 14.2. The summed E-state index contributed by atoms with van der Waals surface area (Å²) >= 11 is 5.84. The van der Waals surface area contributed by atoms with Crippen LogP contribution in [0.2, 0.25) is 5.02 Å². The summed E-state index contributed by atoms with van der Waals surface area (Å²) in [5.74, 6) is -0.759. The largest absolute Gasteiger partial charge is 0.287 e. The smallest absolute Gasteiger partial charge is 0.270 e. The van der Waals surface area contributed by atoms with Gasteiger partial charge in [-0.25, -0.2) is 0 Å². The molecule has 0 bridgehead atoms. The lowest BCUT2D eigenvalue weighted by Gasteiger charge is -2.13. The Bertz CT molecular complexity index is 784. The van der Waals surface area contributed by atoms with E-state index in [1.165, 1.54) is 18.2 Å². The Morgan fingerprint density at radius 3 is 2.14 bits per heavy atom. The van der Waals surface area contributed by atoms with Crippen LogP contribution in [-0.2, 0) is 6.54 Å². The monoisotopic (exact) mass is 316 g/mol. The summed E-state index contributed by atoms with van der Waals surface area (Å²) in [5, 5.41) is 10.7. The van der Waals surface area contributed by atoms with Gasteiger partial charge in [0.05, 0.1) is 22.6 Å². The summed E-state index contributed by atoms with van der Waals surface area (Å²) < 4.78 is 0. The number of halogens is 1. The van der Waals surface area contributed by atoms with Crippen molar-refractivity contribution in [3.05, 3.63) is 74.3 Å². The molecule has 0 N–H and O–H groups in total. The van der Waals surface area contributed by atoms with Gasteiger partial charge in [-0.05, 0) is 23.8 Å². The zero-order valence-electron chi connectivity index (χ0n) is 11.2. The molecule has 1 aliphatic rings. The first-order valence-corrected chi connectivity index (χ1v) is 6.75. The molecule has 0 atom stereocenters. The third-order valence-corrected chi connectivity index (χ3v) is 3.73. The highest BCUT2D eigenvalue weighted by atomic mass is 35.5. The quantitative estimate of drug-likeness (QED) is 0.495. The molecule has 0 fully saturated rings. The van der Waals surface area contributed by atoms with Gasteiger partial charge in [0.25, 0.3) is 17.5 Å². The predicted molar refractivity (Wildman–Crippen MR) is 78.8 cm³/mol. The van der Waals surface area contributed by atoms with Crippen LogP contribution in [0.3, 0.4) is 0 Å². The van der Waals surface area contributed by atoms with Crippen molar-refractivity contribution < 1.29 is 14.5 Å². The highest BCUT2D eigenvalue weighted by Crippen LogP contribution is 2.28. The van der Waals surface area contributed by atoms with Crippen molar-refractivity contribution in [1.29, 1.82) is 0 Å². The van der Waals surface area contributed by atoms with Gasteiger partial charge in [-0.1, -0.05) is 29.8 Å². The van der Waals surface area contributed by atoms with E-state index < -0.39 is 4.92 Å². The molecule has 1 aliphatic heterocycles. The maximum Gasteiger partial charge on any atom is 0.287 e. The Balaban J connectivity index is 1.89. The fourth-order valence-corrected chi connectivity index (χ4v) is 2.63. The van der Waals surface area contributed by atoms with E-state index in [9.17, 15) is 19.7 Å². The minimum Gasteiger partial charge on any atom is -0.270 e. The van der Waals surface area contributed by atoms with Crippen molar-refractivity contribution in [3.8, 4) is 0 Å². The number of nitrogens with zero attached hydrogens (tertiary/aromatic N) is 2. The number of hydrogen-bond acceptors (Lipinski definition) is 4.